The van der Waals surface area contributed by atoms with Crippen molar-refractivity contribution in [2.24, 2.45) is 5.92 Å². The third-order valence-electron chi connectivity index (χ3n) is 8.69. The van der Waals surface area contributed by atoms with Crippen molar-refractivity contribution in [1.29, 1.82) is 0 Å². The van der Waals surface area contributed by atoms with Gasteiger partial charge < -0.3 is 15.2 Å². The zero-order chi connectivity index (χ0) is 26.3. The molecule has 9 heteroatoms. The predicted molar refractivity (Wildman–Crippen MR) is 142 cm³/mol. The number of halogens is 1. The van der Waals surface area contributed by atoms with Crippen LogP contribution in [-0.4, -0.2) is 63.9 Å². The van der Waals surface area contributed by atoms with Gasteiger partial charge in [-0.2, -0.15) is 0 Å². The van der Waals surface area contributed by atoms with Crippen LogP contribution in [0.15, 0.2) is 41.3 Å². The van der Waals surface area contributed by atoms with E-state index in [2.05, 4.69) is 15.2 Å². The lowest BCUT2D eigenvalue weighted by atomic mass is 9.66. The van der Waals surface area contributed by atoms with Gasteiger partial charge >= 0.3 is 0 Å². The van der Waals surface area contributed by atoms with Crippen LogP contribution in [0.4, 0.5) is 4.39 Å². The van der Waals surface area contributed by atoms with E-state index in [-0.39, 0.29) is 22.7 Å². The van der Waals surface area contributed by atoms with Crippen molar-refractivity contribution in [3.63, 3.8) is 0 Å². The Hall–Kier alpha value is -3.30. The third kappa shape index (κ3) is 4.69. The molecule has 4 fully saturated rings. The van der Waals surface area contributed by atoms with E-state index in [0.29, 0.717) is 42.9 Å². The van der Waals surface area contributed by atoms with Crippen LogP contribution in [0, 0.1) is 11.7 Å². The van der Waals surface area contributed by atoms with Gasteiger partial charge in [0.1, 0.15) is 22.8 Å². The molecule has 4 aliphatic rings. The number of ether oxygens (including phenoxy) is 1. The van der Waals surface area contributed by atoms with Gasteiger partial charge in [0.25, 0.3) is 11.5 Å². The molecule has 3 aliphatic carbocycles. The molecule has 7 rings (SSSR count). The van der Waals surface area contributed by atoms with Gasteiger partial charge in [0.05, 0.1) is 18.6 Å². The highest BCUT2D eigenvalue weighted by Crippen LogP contribution is 2.44. The van der Waals surface area contributed by atoms with Crippen molar-refractivity contribution in [1.82, 2.24) is 19.8 Å². The number of nitrogens with zero attached hydrogens (tertiary/aromatic N) is 3. The monoisotopic (exact) mass is 520 g/mol. The topological polar surface area (TPSA) is 96.7 Å². The third-order valence-corrected chi connectivity index (χ3v) is 8.69. The SMILES string of the molecule is O=C(NC12CCC(CC1)CC2)c1c(O)c2cc(-c3ccc(F)cc3)cnc2n(CCN2CCOCC2)c1=O. The molecule has 1 aromatic carbocycles. The van der Waals surface area contributed by atoms with E-state index in [1.54, 1.807) is 24.4 Å². The Morgan fingerprint density at radius 1 is 1.08 bits per heavy atom. The van der Waals surface area contributed by atoms with E-state index in [9.17, 15) is 19.1 Å². The number of benzene rings is 1. The molecule has 2 bridgehead atoms. The predicted octanol–water partition coefficient (Wildman–Crippen LogP) is 3.69. The molecule has 1 saturated heterocycles. The Kier molecular flexibility index (Phi) is 6.65. The highest BCUT2D eigenvalue weighted by molar-refractivity contribution is 6.02. The highest BCUT2D eigenvalue weighted by atomic mass is 19.1. The maximum atomic E-state index is 13.8. The van der Waals surface area contributed by atoms with Gasteiger partial charge in [0.2, 0.25) is 0 Å². The molecule has 0 radical (unpaired) electrons. The molecule has 3 aromatic rings. The van der Waals surface area contributed by atoms with Gasteiger partial charge in [-0.15, -0.1) is 0 Å². The van der Waals surface area contributed by atoms with Crippen LogP contribution < -0.4 is 10.9 Å². The fourth-order valence-corrected chi connectivity index (χ4v) is 6.33. The molecule has 1 aliphatic heterocycles. The number of carbonyl (C=O) groups excluding carboxylic acids is 1. The van der Waals surface area contributed by atoms with Crippen molar-refractivity contribution >= 4 is 16.9 Å². The lowest BCUT2D eigenvalue weighted by Crippen LogP contribution is -2.54. The summed E-state index contributed by atoms with van der Waals surface area (Å²) in [6, 6.07) is 7.71. The maximum Gasteiger partial charge on any atom is 0.268 e. The van der Waals surface area contributed by atoms with Crippen molar-refractivity contribution < 1.29 is 19.0 Å². The summed E-state index contributed by atoms with van der Waals surface area (Å²) in [5, 5.41) is 14.8. The lowest BCUT2D eigenvalue weighted by molar-refractivity contribution is 0.0364. The van der Waals surface area contributed by atoms with Crippen LogP contribution in [0.25, 0.3) is 22.2 Å². The smallest absolute Gasteiger partial charge is 0.268 e. The molecule has 8 nitrogen and oxygen atoms in total. The number of pyridine rings is 2. The molecule has 38 heavy (non-hydrogen) atoms. The number of hydrogen-bond acceptors (Lipinski definition) is 6. The summed E-state index contributed by atoms with van der Waals surface area (Å²) < 4.78 is 20.4. The zero-order valence-corrected chi connectivity index (χ0v) is 21.4. The van der Waals surface area contributed by atoms with Crippen LogP contribution in [0.1, 0.15) is 48.9 Å². The second-order valence-electron chi connectivity index (χ2n) is 11.0. The van der Waals surface area contributed by atoms with E-state index in [0.717, 1.165) is 63.1 Å². The maximum absolute atomic E-state index is 13.8. The molecule has 0 spiro atoms. The standard InChI is InChI=1S/C29H33FN4O4/c30-22-3-1-20(2-4-22)21-17-23-25(35)24(27(36)32-29-8-5-19(6-9-29)7-10-29)28(37)34(26(23)31-18-21)12-11-33-13-15-38-16-14-33/h1-4,17-19,35H,5-16H2,(H,32,36). The largest absolute Gasteiger partial charge is 0.506 e. The summed E-state index contributed by atoms with van der Waals surface area (Å²) in [7, 11) is 0. The highest BCUT2D eigenvalue weighted by Gasteiger charge is 2.42. The average molecular weight is 521 g/mol. The van der Waals surface area contributed by atoms with Crippen LogP contribution in [0.5, 0.6) is 5.75 Å². The number of hydrogen-bond donors (Lipinski definition) is 2. The van der Waals surface area contributed by atoms with Crippen molar-refractivity contribution in [3.8, 4) is 16.9 Å². The molecule has 2 aromatic heterocycles. The molecule has 0 unspecified atom stereocenters. The lowest BCUT2D eigenvalue weighted by Gasteiger charge is -2.47. The van der Waals surface area contributed by atoms with E-state index in [1.807, 2.05) is 0 Å². The molecular formula is C29H33FN4O4. The minimum Gasteiger partial charge on any atom is -0.506 e. The summed E-state index contributed by atoms with van der Waals surface area (Å²) in [5.74, 6) is -0.502. The first kappa shape index (κ1) is 25.0. The number of nitrogens with one attached hydrogen (secondary N) is 1. The zero-order valence-electron chi connectivity index (χ0n) is 21.4. The van der Waals surface area contributed by atoms with E-state index in [1.165, 1.54) is 16.7 Å². The molecule has 2 N–H and O–H groups in total. The van der Waals surface area contributed by atoms with Crippen molar-refractivity contribution in [3.05, 3.63) is 58.3 Å². The molecule has 0 atom stereocenters. The fourth-order valence-electron chi connectivity index (χ4n) is 6.33. The van der Waals surface area contributed by atoms with Crippen LogP contribution >= 0.6 is 0 Å². The van der Waals surface area contributed by atoms with Gasteiger partial charge in [-0.3, -0.25) is 19.1 Å². The summed E-state index contributed by atoms with van der Waals surface area (Å²) in [5.41, 5.74) is 0.603. The minimum atomic E-state index is -0.538. The Morgan fingerprint density at radius 3 is 2.45 bits per heavy atom. The normalized spacial score (nSPS) is 23.6. The van der Waals surface area contributed by atoms with E-state index < -0.39 is 11.5 Å². The van der Waals surface area contributed by atoms with Crippen molar-refractivity contribution in [2.75, 3.05) is 32.8 Å². The van der Waals surface area contributed by atoms with E-state index >= 15 is 0 Å². The van der Waals surface area contributed by atoms with Crippen LogP contribution in [0.2, 0.25) is 0 Å². The van der Waals surface area contributed by atoms with Crippen molar-refractivity contribution in [2.45, 2.75) is 50.6 Å². The molecule has 3 heterocycles. The number of amides is 1. The first-order valence-corrected chi connectivity index (χ1v) is 13.6. The summed E-state index contributed by atoms with van der Waals surface area (Å²) in [6.45, 7) is 3.73. The first-order chi connectivity index (χ1) is 18.4. The number of rotatable bonds is 6. The quantitative estimate of drug-likeness (QED) is 0.515. The Balaban J connectivity index is 1.42. The Bertz CT molecular complexity index is 1390. The van der Waals surface area contributed by atoms with E-state index in [4.69, 9.17) is 4.74 Å². The summed E-state index contributed by atoms with van der Waals surface area (Å²) in [4.78, 5) is 34.2. The average Bonchev–Trinajstić information content (AvgIpc) is 2.94. The van der Waals surface area contributed by atoms with Crippen LogP contribution in [0.3, 0.4) is 0 Å². The fraction of sp³-hybridized carbons (Fsp3) is 0.483. The first-order valence-electron chi connectivity index (χ1n) is 13.6. The second kappa shape index (κ2) is 10.1. The van der Waals surface area contributed by atoms with Gasteiger partial charge in [0, 0.05) is 43.5 Å². The Labute approximate surface area is 220 Å². The molecule has 3 saturated carbocycles. The second-order valence-corrected chi connectivity index (χ2v) is 11.0. The van der Waals surface area contributed by atoms with Gasteiger partial charge in [0.15, 0.2) is 0 Å². The molecule has 200 valence electrons. The number of aromatic hydroxyl groups is 1. The van der Waals surface area contributed by atoms with Crippen LogP contribution in [-0.2, 0) is 11.3 Å². The van der Waals surface area contributed by atoms with Gasteiger partial charge in [-0.25, -0.2) is 9.37 Å². The number of aromatic nitrogens is 2. The summed E-state index contributed by atoms with van der Waals surface area (Å²) >= 11 is 0. The number of morpholine rings is 1. The number of carbonyl (C=O) groups is 1. The summed E-state index contributed by atoms with van der Waals surface area (Å²) in [6.07, 6.45) is 7.56. The molecular weight excluding hydrogens is 487 g/mol. The molecule has 1 amide bonds. The number of fused-ring (bicyclic) bond motifs is 4. The Morgan fingerprint density at radius 2 is 1.76 bits per heavy atom. The minimum absolute atomic E-state index is 0.236. The van der Waals surface area contributed by atoms with Gasteiger partial charge in [-0.05, 0) is 68.2 Å². The van der Waals surface area contributed by atoms with Gasteiger partial charge in [-0.1, -0.05) is 12.1 Å².